The van der Waals surface area contributed by atoms with Crippen LogP contribution in [0.5, 0.6) is 0 Å². The molecule has 0 aliphatic heterocycles. The number of aliphatic hydroxyl groups excluding tert-OH is 1. The van der Waals surface area contributed by atoms with Gasteiger partial charge in [-0.05, 0) is 6.42 Å². The van der Waals surface area contributed by atoms with Gasteiger partial charge >= 0.3 is 0 Å². The lowest BCUT2D eigenvalue weighted by Gasteiger charge is -2.10. The summed E-state index contributed by atoms with van der Waals surface area (Å²) in [6, 6.07) is 0. The summed E-state index contributed by atoms with van der Waals surface area (Å²) in [5, 5.41) is 9.59. The van der Waals surface area contributed by atoms with E-state index in [0.717, 1.165) is 12.8 Å². The molecule has 98 valence electrons. The first-order chi connectivity index (χ1) is 7.81. The van der Waals surface area contributed by atoms with Gasteiger partial charge in [0.2, 0.25) is 0 Å². The van der Waals surface area contributed by atoms with Gasteiger partial charge in [0.1, 0.15) is 0 Å². The van der Waals surface area contributed by atoms with Crippen LogP contribution in [0.4, 0.5) is 0 Å². The lowest BCUT2D eigenvalue weighted by Crippen LogP contribution is -2.16. The van der Waals surface area contributed by atoms with Crippen molar-refractivity contribution < 1.29 is 14.6 Å². The Morgan fingerprint density at radius 1 is 1.00 bits per heavy atom. The Morgan fingerprint density at radius 3 is 2.38 bits per heavy atom. The number of rotatable bonds is 12. The molecule has 16 heavy (non-hydrogen) atoms. The van der Waals surface area contributed by atoms with Crippen LogP contribution in [0.15, 0.2) is 0 Å². The van der Waals surface area contributed by atoms with Crippen LogP contribution in [0.25, 0.3) is 0 Å². The van der Waals surface area contributed by atoms with Crippen LogP contribution in [0.3, 0.4) is 0 Å². The summed E-state index contributed by atoms with van der Waals surface area (Å²) in [5.41, 5.74) is 0. The van der Waals surface area contributed by atoms with E-state index in [1.54, 1.807) is 7.11 Å². The Labute approximate surface area is 100 Å². The molecule has 3 nitrogen and oxygen atoms in total. The van der Waals surface area contributed by atoms with Gasteiger partial charge in [0, 0.05) is 7.11 Å². The number of hydrogen-bond acceptors (Lipinski definition) is 3. The highest BCUT2D eigenvalue weighted by Gasteiger charge is 2.03. The summed E-state index contributed by atoms with van der Waals surface area (Å²) in [7, 11) is 1.65. The zero-order chi connectivity index (χ0) is 12.1. The van der Waals surface area contributed by atoms with E-state index < -0.39 is 0 Å². The quantitative estimate of drug-likeness (QED) is 0.526. The highest BCUT2D eigenvalue weighted by Crippen LogP contribution is 2.08. The topological polar surface area (TPSA) is 38.7 Å². The van der Waals surface area contributed by atoms with Crippen LogP contribution in [-0.2, 0) is 9.47 Å². The van der Waals surface area contributed by atoms with Gasteiger partial charge in [-0.2, -0.15) is 0 Å². The fourth-order valence-electron chi connectivity index (χ4n) is 1.61. The molecule has 1 atom stereocenters. The number of hydrogen-bond donors (Lipinski definition) is 1. The van der Waals surface area contributed by atoms with Crippen molar-refractivity contribution in [3.8, 4) is 0 Å². The fraction of sp³-hybridized carbons (Fsp3) is 1.00. The molecule has 0 saturated carbocycles. The molecular formula is C13H28O3. The Morgan fingerprint density at radius 2 is 1.69 bits per heavy atom. The molecule has 0 radical (unpaired) electrons. The van der Waals surface area contributed by atoms with Gasteiger partial charge in [0.15, 0.2) is 0 Å². The van der Waals surface area contributed by atoms with E-state index >= 15 is 0 Å². The number of unbranched alkanes of at least 4 members (excludes halogenated alkanes) is 5. The van der Waals surface area contributed by atoms with Crippen LogP contribution in [-0.4, -0.2) is 38.1 Å². The molecule has 0 amide bonds. The van der Waals surface area contributed by atoms with E-state index in [2.05, 4.69) is 6.92 Å². The summed E-state index contributed by atoms with van der Waals surface area (Å²) >= 11 is 0. The van der Waals surface area contributed by atoms with Crippen molar-refractivity contribution >= 4 is 0 Å². The molecule has 0 aliphatic rings. The zero-order valence-corrected chi connectivity index (χ0v) is 10.9. The maximum Gasteiger partial charge on any atom is 0.0773 e. The van der Waals surface area contributed by atoms with E-state index in [1.807, 2.05) is 0 Å². The average molecular weight is 232 g/mol. The number of aliphatic hydroxyl groups is 1. The van der Waals surface area contributed by atoms with Crippen molar-refractivity contribution in [3.05, 3.63) is 0 Å². The second-order valence-corrected chi connectivity index (χ2v) is 4.28. The van der Waals surface area contributed by atoms with E-state index in [-0.39, 0.29) is 6.10 Å². The van der Waals surface area contributed by atoms with Gasteiger partial charge in [-0.3, -0.25) is 0 Å². The summed E-state index contributed by atoms with van der Waals surface area (Å²) < 4.78 is 10.1. The maximum absolute atomic E-state index is 9.59. The molecular weight excluding hydrogens is 204 g/mol. The Balaban J connectivity index is 3.08. The van der Waals surface area contributed by atoms with Crippen molar-refractivity contribution in [1.29, 1.82) is 0 Å². The molecule has 0 fully saturated rings. The lowest BCUT2D eigenvalue weighted by atomic mass is 10.1. The molecule has 0 aromatic heterocycles. The van der Waals surface area contributed by atoms with Crippen molar-refractivity contribution in [2.24, 2.45) is 0 Å². The lowest BCUT2D eigenvalue weighted by molar-refractivity contribution is 0.00954. The van der Waals surface area contributed by atoms with Crippen molar-refractivity contribution in [1.82, 2.24) is 0 Å². The summed E-state index contributed by atoms with van der Waals surface area (Å²) in [4.78, 5) is 0. The van der Waals surface area contributed by atoms with Crippen LogP contribution in [0, 0.1) is 0 Å². The molecule has 0 aliphatic carbocycles. The minimum atomic E-state index is -0.303. The van der Waals surface area contributed by atoms with Gasteiger partial charge < -0.3 is 14.6 Å². The summed E-state index contributed by atoms with van der Waals surface area (Å²) in [6.45, 7) is 3.84. The zero-order valence-electron chi connectivity index (χ0n) is 10.9. The Hall–Kier alpha value is -0.120. The monoisotopic (exact) mass is 232 g/mol. The summed E-state index contributed by atoms with van der Waals surface area (Å²) in [6.07, 6.45) is 8.15. The van der Waals surface area contributed by atoms with Crippen molar-refractivity contribution in [2.45, 2.75) is 58.0 Å². The molecule has 3 heteroatoms. The van der Waals surface area contributed by atoms with Crippen LogP contribution in [0.2, 0.25) is 0 Å². The predicted octanol–water partition coefficient (Wildman–Crippen LogP) is 2.76. The molecule has 0 rings (SSSR count). The molecule has 0 spiro atoms. The molecule has 0 heterocycles. The third kappa shape index (κ3) is 12.0. The summed E-state index contributed by atoms with van der Waals surface area (Å²) in [5.74, 6) is 0. The van der Waals surface area contributed by atoms with Crippen molar-refractivity contribution in [2.75, 3.05) is 26.9 Å². The highest BCUT2D eigenvalue weighted by molar-refractivity contribution is 4.54. The van der Waals surface area contributed by atoms with Crippen LogP contribution in [0.1, 0.15) is 51.9 Å². The first-order valence-corrected chi connectivity index (χ1v) is 6.56. The normalized spacial score (nSPS) is 12.9. The minimum Gasteiger partial charge on any atom is -0.391 e. The van der Waals surface area contributed by atoms with Crippen molar-refractivity contribution in [3.63, 3.8) is 0 Å². The second kappa shape index (κ2) is 12.9. The van der Waals surface area contributed by atoms with Gasteiger partial charge in [-0.1, -0.05) is 45.4 Å². The SMILES string of the molecule is CCCCCCCCC(O)COCCOC. The predicted molar refractivity (Wildman–Crippen MR) is 66.7 cm³/mol. The molecule has 1 N–H and O–H groups in total. The first kappa shape index (κ1) is 15.9. The maximum atomic E-state index is 9.59. The number of methoxy groups -OCH3 is 1. The third-order valence-corrected chi connectivity index (χ3v) is 2.63. The standard InChI is InChI=1S/C13H28O3/c1-3-4-5-6-7-8-9-13(14)12-16-11-10-15-2/h13-14H,3-12H2,1-2H3. The van der Waals surface area contributed by atoms with Gasteiger partial charge in [0.05, 0.1) is 25.9 Å². The Kier molecular flexibility index (Phi) is 12.9. The van der Waals surface area contributed by atoms with Crippen LogP contribution >= 0.6 is 0 Å². The van der Waals surface area contributed by atoms with E-state index in [1.165, 1.54) is 32.1 Å². The molecule has 1 unspecified atom stereocenters. The molecule has 0 bridgehead atoms. The minimum absolute atomic E-state index is 0.303. The van der Waals surface area contributed by atoms with Crippen LogP contribution < -0.4 is 0 Å². The van der Waals surface area contributed by atoms with Gasteiger partial charge in [0.25, 0.3) is 0 Å². The average Bonchev–Trinajstić information content (AvgIpc) is 2.29. The highest BCUT2D eigenvalue weighted by atomic mass is 16.5. The molecule has 0 aromatic carbocycles. The smallest absolute Gasteiger partial charge is 0.0773 e. The molecule has 0 saturated heterocycles. The largest absolute Gasteiger partial charge is 0.391 e. The first-order valence-electron chi connectivity index (χ1n) is 6.56. The second-order valence-electron chi connectivity index (χ2n) is 4.28. The van der Waals surface area contributed by atoms with E-state index in [9.17, 15) is 5.11 Å². The molecule has 0 aromatic rings. The third-order valence-electron chi connectivity index (χ3n) is 2.63. The van der Waals surface area contributed by atoms with Gasteiger partial charge in [-0.25, -0.2) is 0 Å². The van der Waals surface area contributed by atoms with E-state index in [4.69, 9.17) is 9.47 Å². The van der Waals surface area contributed by atoms with Gasteiger partial charge in [-0.15, -0.1) is 0 Å². The van der Waals surface area contributed by atoms with E-state index in [0.29, 0.717) is 19.8 Å². The Bertz CT molecular complexity index is 128. The number of ether oxygens (including phenoxy) is 2. The fourth-order valence-corrected chi connectivity index (χ4v) is 1.61.